The van der Waals surface area contributed by atoms with Gasteiger partial charge in [-0.05, 0) is 24.6 Å². The number of rotatable bonds is 5. The highest BCUT2D eigenvalue weighted by molar-refractivity contribution is 5.82. The lowest BCUT2D eigenvalue weighted by Gasteiger charge is -2.12. The minimum absolute atomic E-state index is 0.0734. The summed E-state index contributed by atoms with van der Waals surface area (Å²) in [5.74, 6) is 0.492. The van der Waals surface area contributed by atoms with Gasteiger partial charge in [0, 0.05) is 13.0 Å². The summed E-state index contributed by atoms with van der Waals surface area (Å²) in [6, 6.07) is 15.5. The monoisotopic (exact) mass is 375 g/mol. The van der Waals surface area contributed by atoms with Crippen LogP contribution in [0.15, 0.2) is 53.3 Å². The summed E-state index contributed by atoms with van der Waals surface area (Å²) in [5.41, 5.74) is 3.58. The Balaban J connectivity index is 1.68. The second-order valence-electron chi connectivity index (χ2n) is 6.77. The molecule has 0 saturated carbocycles. The molecule has 4 rings (SSSR count). The fourth-order valence-electron chi connectivity index (χ4n) is 3.31. The molecule has 1 amide bonds. The summed E-state index contributed by atoms with van der Waals surface area (Å²) in [6.07, 6.45) is 0.658. The van der Waals surface area contributed by atoms with Crippen LogP contribution in [0.25, 0.3) is 16.7 Å². The first kappa shape index (κ1) is 17.9. The Morgan fingerprint density at radius 2 is 1.75 bits per heavy atom. The van der Waals surface area contributed by atoms with E-state index in [1.54, 1.807) is 4.40 Å². The first-order valence-electron chi connectivity index (χ1n) is 9.26. The molecule has 0 aliphatic rings. The SMILES string of the molecule is CCc1nnc2c(=O)n(CC(=O)NCc3ccc(C)cc3)c3ccccc3n12. The van der Waals surface area contributed by atoms with E-state index >= 15 is 0 Å². The largest absolute Gasteiger partial charge is 0.350 e. The van der Waals surface area contributed by atoms with Gasteiger partial charge in [-0.3, -0.25) is 18.6 Å². The standard InChI is InChI=1S/C21H21N5O2/c1-3-18-23-24-20-21(28)25(16-6-4-5-7-17(16)26(18)20)13-19(27)22-12-15-10-8-14(2)9-11-15/h4-11H,3,12-13H2,1-2H3,(H,22,27). The smallest absolute Gasteiger partial charge is 0.297 e. The van der Waals surface area contributed by atoms with Gasteiger partial charge in [-0.1, -0.05) is 48.9 Å². The van der Waals surface area contributed by atoms with E-state index in [1.807, 2.05) is 62.4 Å². The van der Waals surface area contributed by atoms with E-state index in [-0.39, 0.29) is 23.7 Å². The number of benzene rings is 2. The number of nitrogens with zero attached hydrogens (tertiary/aromatic N) is 4. The van der Waals surface area contributed by atoms with E-state index in [0.717, 1.165) is 16.9 Å². The van der Waals surface area contributed by atoms with E-state index in [2.05, 4.69) is 15.5 Å². The maximum Gasteiger partial charge on any atom is 0.297 e. The number of nitrogens with one attached hydrogen (secondary N) is 1. The third-order valence-corrected chi connectivity index (χ3v) is 4.81. The van der Waals surface area contributed by atoms with Crippen molar-refractivity contribution in [2.24, 2.45) is 0 Å². The van der Waals surface area contributed by atoms with Crippen molar-refractivity contribution >= 4 is 22.6 Å². The van der Waals surface area contributed by atoms with Crippen LogP contribution in [0.2, 0.25) is 0 Å². The minimum Gasteiger partial charge on any atom is -0.350 e. The second kappa shape index (κ2) is 7.26. The molecule has 0 aliphatic heterocycles. The van der Waals surface area contributed by atoms with Crippen molar-refractivity contribution in [1.29, 1.82) is 0 Å². The number of aromatic nitrogens is 4. The molecule has 1 N–H and O–H groups in total. The third-order valence-electron chi connectivity index (χ3n) is 4.81. The van der Waals surface area contributed by atoms with Gasteiger partial charge in [-0.15, -0.1) is 10.2 Å². The molecule has 7 heteroatoms. The molecule has 142 valence electrons. The van der Waals surface area contributed by atoms with Crippen LogP contribution in [-0.2, 0) is 24.3 Å². The normalized spacial score (nSPS) is 11.2. The topological polar surface area (TPSA) is 81.3 Å². The predicted molar refractivity (Wildman–Crippen MR) is 107 cm³/mol. The van der Waals surface area contributed by atoms with Crippen molar-refractivity contribution in [2.45, 2.75) is 33.4 Å². The highest BCUT2D eigenvalue weighted by Gasteiger charge is 2.17. The number of hydrogen-bond acceptors (Lipinski definition) is 4. The lowest BCUT2D eigenvalue weighted by atomic mass is 10.1. The summed E-state index contributed by atoms with van der Waals surface area (Å²) in [7, 11) is 0. The van der Waals surface area contributed by atoms with Gasteiger partial charge in [0.2, 0.25) is 11.6 Å². The molecule has 0 fully saturated rings. The zero-order chi connectivity index (χ0) is 19.7. The summed E-state index contributed by atoms with van der Waals surface area (Å²) < 4.78 is 3.24. The quantitative estimate of drug-likeness (QED) is 0.580. The summed E-state index contributed by atoms with van der Waals surface area (Å²) in [5, 5.41) is 11.1. The van der Waals surface area contributed by atoms with E-state index in [4.69, 9.17) is 0 Å². The fourth-order valence-corrected chi connectivity index (χ4v) is 3.31. The molecule has 0 aliphatic carbocycles. The van der Waals surface area contributed by atoms with E-state index in [0.29, 0.717) is 18.5 Å². The summed E-state index contributed by atoms with van der Waals surface area (Å²) >= 11 is 0. The molecule has 0 spiro atoms. The van der Waals surface area contributed by atoms with Gasteiger partial charge in [-0.25, -0.2) is 0 Å². The molecule has 7 nitrogen and oxygen atoms in total. The Hall–Kier alpha value is -3.48. The van der Waals surface area contributed by atoms with Crippen molar-refractivity contribution in [2.75, 3.05) is 0 Å². The van der Waals surface area contributed by atoms with Crippen molar-refractivity contribution in [3.8, 4) is 0 Å². The molecule has 2 aromatic carbocycles. The second-order valence-corrected chi connectivity index (χ2v) is 6.77. The minimum atomic E-state index is -0.323. The highest BCUT2D eigenvalue weighted by atomic mass is 16.2. The van der Waals surface area contributed by atoms with Gasteiger partial charge in [0.15, 0.2) is 0 Å². The molecule has 28 heavy (non-hydrogen) atoms. The molecule has 0 bridgehead atoms. The molecule has 4 aromatic rings. The van der Waals surface area contributed by atoms with Crippen LogP contribution in [0.3, 0.4) is 0 Å². The van der Waals surface area contributed by atoms with Crippen LogP contribution >= 0.6 is 0 Å². The van der Waals surface area contributed by atoms with Crippen LogP contribution in [0.1, 0.15) is 23.9 Å². The Kier molecular flexibility index (Phi) is 4.65. The molecule has 0 radical (unpaired) electrons. The number of carbonyl (C=O) groups excluding carboxylic acids is 1. The average Bonchev–Trinajstić information content (AvgIpc) is 3.15. The zero-order valence-electron chi connectivity index (χ0n) is 15.8. The maximum absolute atomic E-state index is 13.0. The first-order chi connectivity index (χ1) is 13.6. The number of amides is 1. The van der Waals surface area contributed by atoms with Gasteiger partial charge in [0.25, 0.3) is 5.56 Å². The molecule has 2 heterocycles. The lowest BCUT2D eigenvalue weighted by molar-refractivity contribution is -0.121. The number of fused-ring (bicyclic) bond motifs is 3. The Morgan fingerprint density at radius 3 is 2.46 bits per heavy atom. The van der Waals surface area contributed by atoms with Gasteiger partial charge in [0.1, 0.15) is 12.4 Å². The van der Waals surface area contributed by atoms with Crippen LogP contribution in [-0.4, -0.2) is 25.1 Å². The molecule has 0 unspecified atom stereocenters. The zero-order valence-corrected chi connectivity index (χ0v) is 15.8. The van der Waals surface area contributed by atoms with Crippen molar-refractivity contribution in [3.05, 3.63) is 75.8 Å². The van der Waals surface area contributed by atoms with Crippen LogP contribution < -0.4 is 10.9 Å². The van der Waals surface area contributed by atoms with E-state index in [9.17, 15) is 9.59 Å². The molecular weight excluding hydrogens is 354 g/mol. The average molecular weight is 375 g/mol. The number of hydrogen-bond donors (Lipinski definition) is 1. The summed E-state index contributed by atoms with van der Waals surface area (Å²) in [4.78, 5) is 25.5. The number of para-hydroxylation sites is 2. The Morgan fingerprint density at radius 1 is 1.04 bits per heavy atom. The number of aryl methyl sites for hydroxylation is 2. The van der Waals surface area contributed by atoms with Crippen molar-refractivity contribution in [1.82, 2.24) is 24.5 Å². The summed E-state index contributed by atoms with van der Waals surface area (Å²) in [6.45, 7) is 4.33. The maximum atomic E-state index is 13.0. The van der Waals surface area contributed by atoms with E-state index < -0.39 is 0 Å². The predicted octanol–water partition coefficient (Wildman–Crippen LogP) is 2.23. The molecule has 0 saturated heterocycles. The Labute approximate surface area is 161 Å². The van der Waals surface area contributed by atoms with Gasteiger partial charge in [0.05, 0.1) is 11.0 Å². The van der Waals surface area contributed by atoms with Crippen molar-refractivity contribution < 1.29 is 4.79 Å². The fraction of sp³-hybridized carbons (Fsp3) is 0.238. The van der Waals surface area contributed by atoms with Gasteiger partial charge >= 0.3 is 0 Å². The van der Waals surface area contributed by atoms with Gasteiger partial charge in [-0.2, -0.15) is 0 Å². The highest BCUT2D eigenvalue weighted by Crippen LogP contribution is 2.15. The first-order valence-corrected chi connectivity index (χ1v) is 9.26. The van der Waals surface area contributed by atoms with Crippen molar-refractivity contribution in [3.63, 3.8) is 0 Å². The van der Waals surface area contributed by atoms with Crippen LogP contribution in [0.4, 0.5) is 0 Å². The number of carbonyl (C=O) groups is 1. The van der Waals surface area contributed by atoms with Crippen LogP contribution in [0, 0.1) is 6.92 Å². The molecule has 0 atom stereocenters. The third kappa shape index (κ3) is 3.15. The van der Waals surface area contributed by atoms with Gasteiger partial charge < -0.3 is 5.32 Å². The Bertz CT molecular complexity index is 1220. The van der Waals surface area contributed by atoms with E-state index in [1.165, 1.54) is 10.1 Å². The molecular formula is C21H21N5O2. The lowest BCUT2D eigenvalue weighted by Crippen LogP contribution is -2.33. The molecule has 2 aromatic heterocycles. The van der Waals surface area contributed by atoms with Crippen LogP contribution in [0.5, 0.6) is 0 Å².